The number of methoxy groups -OCH3 is 1. The van der Waals surface area contributed by atoms with Crippen LogP contribution in [0.4, 0.5) is 5.00 Å². The zero-order chi connectivity index (χ0) is 21.2. The van der Waals surface area contributed by atoms with Gasteiger partial charge in [0.05, 0.1) is 19.2 Å². The third-order valence-electron chi connectivity index (χ3n) is 4.95. The first-order chi connectivity index (χ1) is 13.8. The van der Waals surface area contributed by atoms with E-state index in [1.54, 1.807) is 37.4 Å². The van der Waals surface area contributed by atoms with Gasteiger partial charge in [0.2, 0.25) is 11.8 Å². The maximum Gasteiger partial charge on any atom is 0.341 e. The number of rotatable bonds is 5. The smallest absolute Gasteiger partial charge is 0.341 e. The van der Waals surface area contributed by atoms with Crippen molar-refractivity contribution in [3.63, 3.8) is 0 Å². The highest BCUT2D eigenvalue weighted by molar-refractivity contribution is 7.15. The molecule has 1 aromatic heterocycles. The number of carbonyl (C=O) groups excluding carboxylic acids is 3. The lowest BCUT2D eigenvalue weighted by Crippen LogP contribution is -2.62. The molecule has 0 unspecified atom stereocenters. The van der Waals surface area contributed by atoms with Crippen LogP contribution in [0.2, 0.25) is 5.02 Å². The van der Waals surface area contributed by atoms with E-state index < -0.39 is 11.5 Å². The van der Waals surface area contributed by atoms with Crippen molar-refractivity contribution < 1.29 is 19.1 Å². The Balaban J connectivity index is 1.86. The lowest BCUT2D eigenvalue weighted by molar-refractivity contribution is -0.136. The molecule has 0 aliphatic carbocycles. The Morgan fingerprint density at radius 1 is 1.31 bits per heavy atom. The van der Waals surface area contributed by atoms with Crippen LogP contribution in [0.25, 0.3) is 11.1 Å². The summed E-state index contributed by atoms with van der Waals surface area (Å²) in [4.78, 5) is 39.0. The first-order valence-corrected chi connectivity index (χ1v) is 10.3. The quantitative estimate of drug-likeness (QED) is 0.705. The van der Waals surface area contributed by atoms with Crippen molar-refractivity contribution in [2.45, 2.75) is 19.4 Å². The van der Waals surface area contributed by atoms with E-state index in [1.807, 2.05) is 11.0 Å². The average Bonchev–Trinajstić information content (AvgIpc) is 3.08. The molecule has 2 aromatic rings. The van der Waals surface area contributed by atoms with Crippen LogP contribution in [-0.4, -0.2) is 55.0 Å². The molecule has 3 rings (SSSR count). The molecule has 29 heavy (non-hydrogen) atoms. The molecule has 2 amide bonds. The summed E-state index contributed by atoms with van der Waals surface area (Å²) in [5.41, 5.74) is 0.744. The third kappa shape index (κ3) is 4.29. The standard InChI is InChI=1S/C20H22ClN3O4S/c1-20(2)19(27)22-8-9-24(20)10-15(25)23-17-16(18(26)28-3)13(11-29-17)12-6-4-5-7-14(12)21/h4-7,11H,8-10H2,1-3H3,(H,22,27)(H,23,25). The molecule has 154 valence electrons. The van der Waals surface area contributed by atoms with Gasteiger partial charge in [-0.25, -0.2) is 4.79 Å². The maximum absolute atomic E-state index is 12.7. The number of carbonyl (C=O) groups is 3. The third-order valence-corrected chi connectivity index (χ3v) is 6.17. The van der Waals surface area contributed by atoms with Crippen LogP contribution in [0.1, 0.15) is 24.2 Å². The van der Waals surface area contributed by atoms with Crippen molar-refractivity contribution in [1.82, 2.24) is 10.2 Å². The Morgan fingerprint density at radius 3 is 2.72 bits per heavy atom. The summed E-state index contributed by atoms with van der Waals surface area (Å²) < 4.78 is 4.93. The van der Waals surface area contributed by atoms with Crippen molar-refractivity contribution in [3.05, 3.63) is 40.2 Å². The zero-order valence-electron chi connectivity index (χ0n) is 16.4. The van der Waals surface area contributed by atoms with Crippen molar-refractivity contribution in [2.75, 3.05) is 32.1 Å². The molecule has 1 aliphatic rings. The highest BCUT2D eigenvalue weighted by Crippen LogP contribution is 2.39. The van der Waals surface area contributed by atoms with E-state index in [1.165, 1.54) is 18.4 Å². The number of esters is 1. The summed E-state index contributed by atoms with van der Waals surface area (Å²) >= 11 is 7.51. The second kappa shape index (κ2) is 8.52. The fraction of sp³-hybridized carbons (Fsp3) is 0.350. The lowest BCUT2D eigenvalue weighted by atomic mass is 9.99. The molecule has 2 N–H and O–H groups in total. The van der Waals surface area contributed by atoms with Crippen LogP contribution >= 0.6 is 22.9 Å². The summed E-state index contributed by atoms with van der Waals surface area (Å²) in [6, 6.07) is 7.16. The Kier molecular flexibility index (Phi) is 6.26. The summed E-state index contributed by atoms with van der Waals surface area (Å²) in [5, 5.41) is 8.24. The highest BCUT2D eigenvalue weighted by Gasteiger charge is 2.38. The van der Waals surface area contributed by atoms with E-state index >= 15 is 0 Å². The minimum Gasteiger partial charge on any atom is -0.465 e. The van der Waals surface area contributed by atoms with Crippen LogP contribution in [0.15, 0.2) is 29.6 Å². The first kappa shape index (κ1) is 21.3. The molecule has 1 aliphatic heterocycles. The van der Waals surface area contributed by atoms with Crippen molar-refractivity contribution in [2.24, 2.45) is 0 Å². The van der Waals surface area contributed by atoms with Gasteiger partial charge in [0.15, 0.2) is 0 Å². The molecular formula is C20H22ClN3O4S. The number of ether oxygens (including phenoxy) is 1. The molecule has 1 aromatic carbocycles. The van der Waals surface area contributed by atoms with E-state index in [0.29, 0.717) is 34.2 Å². The predicted octanol–water partition coefficient (Wildman–Crippen LogP) is 3.00. The summed E-state index contributed by atoms with van der Waals surface area (Å²) in [6.07, 6.45) is 0. The minimum atomic E-state index is -0.793. The van der Waals surface area contributed by atoms with Crippen LogP contribution in [0, 0.1) is 0 Å². The number of nitrogens with one attached hydrogen (secondary N) is 2. The number of halogens is 1. The summed E-state index contributed by atoms with van der Waals surface area (Å²) in [5.74, 6) is -0.997. The normalized spacial score (nSPS) is 16.2. The molecule has 1 fully saturated rings. The topological polar surface area (TPSA) is 87.7 Å². The van der Waals surface area contributed by atoms with Gasteiger partial charge in [-0.1, -0.05) is 29.8 Å². The van der Waals surface area contributed by atoms with Gasteiger partial charge < -0.3 is 15.4 Å². The number of nitrogens with zero attached hydrogens (tertiary/aromatic N) is 1. The Bertz CT molecular complexity index is 957. The van der Waals surface area contributed by atoms with Gasteiger partial charge in [-0.2, -0.15) is 0 Å². The van der Waals surface area contributed by atoms with Gasteiger partial charge in [0, 0.05) is 34.6 Å². The largest absolute Gasteiger partial charge is 0.465 e. The molecule has 9 heteroatoms. The van der Waals surface area contributed by atoms with Crippen molar-refractivity contribution in [1.29, 1.82) is 0 Å². The summed E-state index contributed by atoms with van der Waals surface area (Å²) in [7, 11) is 1.29. The number of anilines is 1. The monoisotopic (exact) mass is 435 g/mol. The van der Waals surface area contributed by atoms with Crippen LogP contribution in [0.5, 0.6) is 0 Å². The van der Waals surface area contributed by atoms with E-state index in [2.05, 4.69) is 10.6 Å². The molecular weight excluding hydrogens is 414 g/mol. The van der Waals surface area contributed by atoms with Gasteiger partial charge >= 0.3 is 5.97 Å². The van der Waals surface area contributed by atoms with Crippen LogP contribution < -0.4 is 10.6 Å². The van der Waals surface area contributed by atoms with Crippen LogP contribution in [-0.2, 0) is 14.3 Å². The number of thiophene rings is 1. The van der Waals surface area contributed by atoms with E-state index in [4.69, 9.17) is 16.3 Å². The molecule has 0 bridgehead atoms. The molecule has 0 atom stereocenters. The van der Waals surface area contributed by atoms with Gasteiger partial charge in [-0.05, 0) is 19.9 Å². The first-order valence-electron chi connectivity index (χ1n) is 9.03. The van der Waals surface area contributed by atoms with Crippen molar-refractivity contribution in [3.8, 4) is 11.1 Å². The van der Waals surface area contributed by atoms with Crippen LogP contribution in [0.3, 0.4) is 0 Å². The molecule has 0 spiro atoms. The van der Waals surface area contributed by atoms with Crippen molar-refractivity contribution >= 4 is 45.7 Å². The number of benzene rings is 1. The zero-order valence-corrected chi connectivity index (χ0v) is 17.9. The molecule has 7 nitrogen and oxygen atoms in total. The van der Waals surface area contributed by atoms with E-state index in [0.717, 1.165) is 0 Å². The summed E-state index contributed by atoms with van der Waals surface area (Å²) in [6.45, 7) is 4.62. The SMILES string of the molecule is COC(=O)c1c(-c2ccccc2Cl)csc1NC(=O)CN1CCNC(=O)C1(C)C. The fourth-order valence-corrected chi connectivity index (χ4v) is 4.39. The van der Waals surface area contributed by atoms with Gasteiger partial charge in [0.1, 0.15) is 10.6 Å². The average molecular weight is 436 g/mol. The second-order valence-electron chi connectivity index (χ2n) is 7.11. The van der Waals surface area contributed by atoms with E-state index in [9.17, 15) is 14.4 Å². The Labute approximate surface area is 178 Å². The number of amides is 2. The molecule has 1 saturated heterocycles. The Hall–Kier alpha value is -2.42. The number of hydrogen-bond acceptors (Lipinski definition) is 6. The lowest BCUT2D eigenvalue weighted by Gasteiger charge is -2.40. The van der Waals surface area contributed by atoms with Gasteiger partial charge in [-0.15, -0.1) is 11.3 Å². The second-order valence-corrected chi connectivity index (χ2v) is 8.40. The number of piperazine rings is 1. The van der Waals surface area contributed by atoms with Gasteiger partial charge in [-0.3, -0.25) is 14.5 Å². The molecule has 2 heterocycles. The predicted molar refractivity (Wildman–Crippen MR) is 113 cm³/mol. The number of hydrogen-bond donors (Lipinski definition) is 2. The maximum atomic E-state index is 12.7. The minimum absolute atomic E-state index is 0.0281. The van der Waals surface area contributed by atoms with Gasteiger partial charge in [0.25, 0.3) is 0 Å². The fourth-order valence-electron chi connectivity index (χ4n) is 3.19. The Morgan fingerprint density at radius 2 is 2.03 bits per heavy atom. The molecule has 0 saturated carbocycles. The molecule has 0 radical (unpaired) electrons. The van der Waals surface area contributed by atoms with E-state index in [-0.39, 0.29) is 23.9 Å². The highest BCUT2D eigenvalue weighted by atomic mass is 35.5.